The molecule has 2 aromatic heterocycles. The topological polar surface area (TPSA) is 76.9 Å². The number of carbonyl (C=O) groups is 1. The number of benzene rings is 2. The quantitative estimate of drug-likeness (QED) is 0.439. The third kappa shape index (κ3) is 5.00. The zero-order valence-electron chi connectivity index (χ0n) is 18.0. The van der Waals surface area contributed by atoms with E-state index in [0.717, 1.165) is 34.5 Å². The Bertz CT molecular complexity index is 1280. The van der Waals surface area contributed by atoms with Crippen LogP contribution in [0.4, 0.5) is 5.13 Å². The van der Waals surface area contributed by atoms with E-state index in [1.54, 1.807) is 0 Å². The second-order valence-corrected chi connectivity index (χ2v) is 8.73. The number of anilines is 1. The molecule has 0 bridgehead atoms. The highest BCUT2D eigenvalue weighted by Gasteiger charge is 2.15. The van der Waals surface area contributed by atoms with Crippen LogP contribution in [0, 0.1) is 6.92 Å². The number of nitrogens with zero attached hydrogens (tertiary/aromatic N) is 3. The van der Waals surface area contributed by atoms with Crippen molar-refractivity contribution in [2.75, 3.05) is 5.32 Å². The Hall–Kier alpha value is -3.58. The van der Waals surface area contributed by atoms with Crippen LogP contribution in [-0.2, 0) is 13.0 Å². The van der Waals surface area contributed by atoms with Crippen molar-refractivity contribution >= 4 is 22.4 Å². The van der Waals surface area contributed by atoms with E-state index in [-0.39, 0.29) is 11.3 Å². The average molecular weight is 445 g/mol. The largest absolute Gasteiger partial charge is 0.296 e. The molecule has 32 heavy (non-hydrogen) atoms. The van der Waals surface area contributed by atoms with Gasteiger partial charge in [0.2, 0.25) is 0 Å². The van der Waals surface area contributed by atoms with E-state index in [9.17, 15) is 9.59 Å². The van der Waals surface area contributed by atoms with Gasteiger partial charge in [-0.05, 0) is 30.5 Å². The molecule has 0 atom stereocenters. The van der Waals surface area contributed by atoms with Crippen molar-refractivity contribution in [2.24, 2.45) is 0 Å². The Morgan fingerprint density at radius 3 is 2.47 bits per heavy atom. The van der Waals surface area contributed by atoms with Gasteiger partial charge in [-0.15, -0.1) is 11.3 Å². The summed E-state index contributed by atoms with van der Waals surface area (Å²) in [6.45, 7) is 4.45. The number of nitrogens with one attached hydrogen (secondary N) is 1. The summed E-state index contributed by atoms with van der Waals surface area (Å²) in [5.41, 5.74) is 4.02. The molecule has 0 unspecified atom stereocenters. The van der Waals surface area contributed by atoms with E-state index >= 15 is 0 Å². The Labute approximate surface area is 190 Å². The summed E-state index contributed by atoms with van der Waals surface area (Å²) >= 11 is 1.42. The Balaban J connectivity index is 1.51. The number of rotatable bonds is 7. The fourth-order valence-electron chi connectivity index (χ4n) is 3.44. The Morgan fingerprint density at radius 2 is 1.75 bits per heavy atom. The minimum absolute atomic E-state index is 0.166. The number of aromatic nitrogens is 3. The fraction of sp³-hybridized carbons (Fsp3) is 0.200. The number of hydrogen-bond donors (Lipinski definition) is 1. The van der Waals surface area contributed by atoms with Crippen LogP contribution >= 0.6 is 11.3 Å². The first-order valence-corrected chi connectivity index (χ1v) is 11.4. The normalized spacial score (nSPS) is 10.8. The molecule has 6 nitrogen and oxygen atoms in total. The molecular formula is C25H24N4O2S. The van der Waals surface area contributed by atoms with Gasteiger partial charge in [-0.25, -0.2) is 9.67 Å². The minimum atomic E-state index is -0.398. The summed E-state index contributed by atoms with van der Waals surface area (Å²) in [7, 11) is 0. The molecule has 4 aromatic rings. The van der Waals surface area contributed by atoms with Crippen molar-refractivity contribution in [3.05, 3.63) is 98.8 Å². The first-order valence-electron chi connectivity index (χ1n) is 10.5. The molecule has 7 heteroatoms. The molecule has 2 aromatic carbocycles. The highest BCUT2D eigenvalue weighted by Crippen LogP contribution is 2.30. The molecule has 1 amide bonds. The predicted molar refractivity (Wildman–Crippen MR) is 128 cm³/mol. The first kappa shape index (κ1) is 21.6. The molecule has 4 rings (SSSR count). The highest BCUT2D eigenvalue weighted by atomic mass is 32.1. The van der Waals surface area contributed by atoms with Crippen LogP contribution < -0.4 is 10.9 Å². The number of amides is 1. The van der Waals surface area contributed by atoms with Crippen LogP contribution in [0.3, 0.4) is 0 Å². The van der Waals surface area contributed by atoms with Gasteiger partial charge in [0.15, 0.2) is 5.13 Å². The van der Waals surface area contributed by atoms with Gasteiger partial charge in [0, 0.05) is 16.5 Å². The van der Waals surface area contributed by atoms with Crippen LogP contribution in [0.5, 0.6) is 0 Å². The summed E-state index contributed by atoms with van der Waals surface area (Å²) in [6, 6.07) is 20.7. The smallest absolute Gasteiger partial charge is 0.277 e. The van der Waals surface area contributed by atoms with Gasteiger partial charge in [-0.1, -0.05) is 67.9 Å². The van der Waals surface area contributed by atoms with Gasteiger partial charge in [-0.2, -0.15) is 5.10 Å². The maximum Gasteiger partial charge on any atom is 0.277 e. The van der Waals surface area contributed by atoms with Crippen molar-refractivity contribution in [3.8, 4) is 11.3 Å². The molecule has 0 aliphatic heterocycles. The van der Waals surface area contributed by atoms with E-state index in [1.807, 2.05) is 37.3 Å². The zero-order chi connectivity index (χ0) is 22.5. The van der Waals surface area contributed by atoms with Crippen LogP contribution in [0.25, 0.3) is 11.3 Å². The lowest BCUT2D eigenvalue weighted by Gasteiger charge is -2.07. The lowest BCUT2D eigenvalue weighted by molar-refractivity contribution is 0.102. The third-order valence-electron chi connectivity index (χ3n) is 5.06. The molecule has 0 aliphatic carbocycles. The van der Waals surface area contributed by atoms with Crippen molar-refractivity contribution in [1.82, 2.24) is 14.8 Å². The SMILES string of the molecule is CCCc1ccc(-c2nc(NC(=O)c3ccc(=O)n(Cc4ccccc4)n3)sc2C)cc1. The van der Waals surface area contributed by atoms with Gasteiger partial charge in [0.1, 0.15) is 5.69 Å². The van der Waals surface area contributed by atoms with Gasteiger partial charge in [0.25, 0.3) is 11.5 Å². The number of aryl methyl sites for hydroxylation is 2. The third-order valence-corrected chi connectivity index (χ3v) is 5.94. The predicted octanol–water partition coefficient (Wildman–Crippen LogP) is 4.93. The monoisotopic (exact) mass is 444 g/mol. The maximum absolute atomic E-state index is 12.8. The summed E-state index contributed by atoms with van der Waals surface area (Å²) in [4.78, 5) is 30.6. The van der Waals surface area contributed by atoms with Crippen LogP contribution in [0.1, 0.15) is 39.8 Å². The molecule has 0 spiro atoms. The second kappa shape index (κ2) is 9.70. The zero-order valence-corrected chi connectivity index (χ0v) is 18.9. The first-order chi connectivity index (χ1) is 15.5. The molecule has 0 radical (unpaired) electrons. The fourth-order valence-corrected chi connectivity index (χ4v) is 4.27. The standard InChI is InChI=1S/C25H24N4O2S/c1-3-7-18-10-12-20(13-11-18)23-17(2)32-25(26-23)27-24(31)21-14-15-22(30)29(28-21)16-19-8-5-4-6-9-19/h4-6,8-15H,3,7,16H2,1-2H3,(H,26,27,31). The number of hydrogen-bond acceptors (Lipinski definition) is 5. The van der Waals surface area contributed by atoms with E-state index in [1.165, 1.54) is 33.7 Å². The van der Waals surface area contributed by atoms with Crippen LogP contribution in [0.2, 0.25) is 0 Å². The molecule has 0 aliphatic rings. The molecule has 162 valence electrons. The number of thiazole rings is 1. The second-order valence-electron chi connectivity index (χ2n) is 7.52. The van der Waals surface area contributed by atoms with E-state index in [2.05, 4.69) is 46.6 Å². The summed E-state index contributed by atoms with van der Waals surface area (Å²) in [5.74, 6) is -0.398. The van der Waals surface area contributed by atoms with Crippen LogP contribution in [-0.4, -0.2) is 20.7 Å². The van der Waals surface area contributed by atoms with E-state index in [4.69, 9.17) is 0 Å². The van der Waals surface area contributed by atoms with Crippen LogP contribution in [0.15, 0.2) is 71.5 Å². The van der Waals surface area contributed by atoms with Gasteiger partial charge in [-0.3, -0.25) is 14.9 Å². The molecule has 0 saturated heterocycles. The van der Waals surface area contributed by atoms with Crippen molar-refractivity contribution in [3.63, 3.8) is 0 Å². The maximum atomic E-state index is 12.8. The summed E-state index contributed by atoms with van der Waals surface area (Å²) in [6.07, 6.45) is 2.16. The molecule has 0 fully saturated rings. The van der Waals surface area contributed by atoms with Crippen molar-refractivity contribution in [1.29, 1.82) is 0 Å². The lowest BCUT2D eigenvalue weighted by Crippen LogP contribution is -2.26. The van der Waals surface area contributed by atoms with Gasteiger partial charge in [0.05, 0.1) is 12.2 Å². The van der Waals surface area contributed by atoms with Crippen molar-refractivity contribution in [2.45, 2.75) is 33.2 Å². The molecule has 1 N–H and O–H groups in total. The lowest BCUT2D eigenvalue weighted by atomic mass is 10.1. The summed E-state index contributed by atoms with van der Waals surface area (Å²) < 4.78 is 1.29. The van der Waals surface area contributed by atoms with E-state index < -0.39 is 5.91 Å². The molecule has 0 saturated carbocycles. The minimum Gasteiger partial charge on any atom is -0.296 e. The van der Waals surface area contributed by atoms with Crippen molar-refractivity contribution < 1.29 is 4.79 Å². The highest BCUT2D eigenvalue weighted by molar-refractivity contribution is 7.16. The van der Waals surface area contributed by atoms with Gasteiger partial charge >= 0.3 is 0 Å². The Morgan fingerprint density at radius 1 is 1.00 bits per heavy atom. The number of carbonyl (C=O) groups excluding carboxylic acids is 1. The molecule has 2 heterocycles. The van der Waals surface area contributed by atoms with E-state index in [0.29, 0.717) is 11.7 Å². The Kier molecular flexibility index (Phi) is 6.56. The summed E-state index contributed by atoms with van der Waals surface area (Å²) in [5, 5.41) is 7.57. The molecular weight excluding hydrogens is 420 g/mol. The average Bonchev–Trinajstić information content (AvgIpc) is 3.16. The van der Waals surface area contributed by atoms with Gasteiger partial charge < -0.3 is 0 Å².